The van der Waals surface area contributed by atoms with E-state index < -0.39 is 11.9 Å². The lowest BCUT2D eigenvalue weighted by Gasteiger charge is -2.33. The third-order valence-corrected chi connectivity index (χ3v) is 7.79. The van der Waals surface area contributed by atoms with Crippen LogP contribution in [-0.2, 0) is 16.1 Å². The second-order valence-electron chi connectivity index (χ2n) is 11.2. The first-order valence-electron chi connectivity index (χ1n) is 14.6. The van der Waals surface area contributed by atoms with Crippen LogP contribution in [-0.4, -0.2) is 90.9 Å². The van der Waals surface area contributed by atoms with Crippen LogP contribution in [0.1, 0.15) is 67.7 Å². The van der Waals surface area contributed by atoms with Crippen molar-refractivity contribution in [3.63, 3.8) is 0 Å². The molecule has 4 N–H and O–H groups in total. The Bertz CT molecular complexity index is 1460. The van der Waals surface area contributed by atoms with E-state index in [0.29, 0.717) is 42.7 Å². The minimum absolute atomic E-state index is 0.00177. The smallest absolute Gasteiger partial charge is 0.305 e. The third kappa shape index (κ3) is 7.31. The minimum atomic E-state index is -0.916. The summed E-state index contributed by atoms with van der Waals surface area (Å²) in [4.78, 5) is 40.2. The molecule has 1 aliphatic rings. The number of piperidine rings is 1. The molecule has 2 aromatic carbocycles. The number of hydrogen-bond acceptors (Lipinski definition) is 8. The van der Waals surface area contributed by atoms with Crippen LogP contribution in [0.2, 0.25) is 0 Å². The Morgan fingerprint density at radius 3 is 2.33 bits per heavy atom. The fourth-order valence-electron chi connectivity index (χ4n) is 5.36. The van der Waals surface area contributed by atoms with Gasteiger partial charge >= 0.3 is 5.97 Å². The molecule has 2 amide bonds. The first-order valence-corrected chi connectivity index (χ1v) is 14.6. The van der Waals surface area contributed by atoms with E-state index in [9.17, 15) is 24.6 Å². The molecule has 0 atom stereocenters. The number of aliphatic carboxylic acids is 1. The maximum absolute atomic E-state index is 12.9. The third-order valence-electron chi connectivity index (χ3n) is 7.79. The van der Waals surface area contributed by atoms with E-state index in [2.05, 4.69) is 20.4 Å². The van der Waals surface area contributed by atoms with Crippen molar-refractivity contribution in [3.8, 4) is 28.6 Å². The molecule has 0 aliphatic carbocycles. The van der Waals surface area contributed by atoms with E-state index in [4.69, 9.17) is 5.11 Å². The van der Waals surface area contributed by atoms with Crippen molar-refractivity contribution >= 4 is 17.8 Å². The van der Waals surface area contributed by atoms with Crippen LogP contribution in [0, 0.1) is 5.92 Å². The normalized spacial score (nSPS) is 14.2. The topological polar surface area (TPSA) is 161 Å². The standard InChI is InChI=1S/C31H40N6O6/c1-5-32-30(42)29-34-33-28(24-16-23(19(2)3)25(38)17-26(24)39)37(29)22-8-6-20(7-9-22)18-36-14-10-21(11-15-36)31(43)35(4)13-12-27(40)41/h6-9,16-17,19,21,38-39H,5,10-15,18H2,1-4H3,(H,32,42)(H,40,41). The van der Waals surface area contributed by atoms with Gasteiger partial charge in [0.2, 0.25) is 11.7 Å². The van der Waals surface area contributed by atoms with E-state index in [0.717, 1.165) is 18.7 Å². The van der Waals surface area contributed by atoms with Gasteiger partial charge in [-0.25, -0.2) is 0 Å². The zero-order chi connectivity index (χ0) is 31.3. The Morgan fingerprint density at radius 2 is 1.72 bits per heavy atom. The summed E-state index contributed by atoms with van der Waals surface area (Å²) in [7, 11) is 1.66. The quantitative estimate of drug-likeness (QED) is 0.262. The fourth-order valence-corrected chi connectivity index (χ4v) is 5.36. The number of rotatable bonds is 11. The summed E-state index contributed by atoms with van der Waals surface area (Å²) in [6, 6.07) is 10.6. The lowest BCUT2D eigenvalue weighted by molar-refractivity contribution is -0.139. The summed E-state index contributed by atoms with van der Waals surface area (Å²) in [5.74, 6) is -1.30. The SMILES string of the molecule is CCNC(=O)c1nnc(-c2cc(C(C)C)c(O)cc2O)n1-c1ccc(CN2CCC(C(=O)N(C)CCC(=O)O)CC2)cc1. The van der Waals surface area contributed by atoms with E-state index in [1.165, 1.54) is 11.0 Å². The largest absolute Gasteiger partial charge is 0.508 e. The van der Waals surface area contributed by atoms with Gasteiger partial charge < -0.3 is 25.5 Å². The molecule has 12 heteroatoms. The highest BCUT2D eigenvalue weighted by Gasteiger charge is 2.28. The van der Waals surface area contributed by atoms with Crippen LogP contribution >= 0.6 is 0 Å². The molecule has 1 fully saturated rings. The van der Waals surface area contributed by atoms with Gasteiger partial charge in [-0.05, 0) is 68.1 Å². The summed E-state index contributed by atoms with van der Waals surface area (Å²) in [6.45, 7) is 8.48. The predicted molar refractivity (Wildman–Crippen MR) is 160 cm³/mol. The molecule has 0 unspecified atom stereocenters. The van der Waals surface area contributed by atoms with Gasteiger partial charge in [-0.1, -0.05) is 26.0 Å². The van der Waals surface area contributed by atoms with Crippen LogP contribution in [0.4, 0.5) is 0 Å². The second kappa shape index (κ2) is 13.7. The number of aromatic nitrogens is 3. The highest BCUT2D eigenvalue weighted by molar-refractivity contribution is 5.92. The lowest BCUT2D eigenvalue weighted by atomic mass is 9.95. The van der Waals surface area contributed by atoms with Crippen LogP contribution < -0.4 is 5.32 Å². The number of carbonyl (C=O) groups is 3. The van der Waals surface area contributed by atoms with Crippen LogP contribution in [0.3, 0.4) is 0 Å². The molecule has 3 aromatic rings. The van der Waals surface area contributed by atoms with E-state index >= 15 is 0 Å². The number of hydrogen-bond donors (Lipinski definition) is 4. The van der Waals surface area contributed by atoms with Gasteiger partial charge in [0, 0.05) is 44.4 Å². The maximum Gasteiger partial charge on any atom is 0.305 e. The molecule has 0 spiro atoms. The number of benzene rings is 2. The van der Waals surface area contributed by atoms with Gasteiger partial charge in [0.25, 0.3) is 5.91 Å². The Hall–Kier alpha value is -4.45. The Morgan fingerprint density at radius 1 is 1.05 bits per heavy atom. The molecule has 0 saturated carbocycles. The van der Waals surface area contributed by atoms with Crippen molar-refractivity contribution in [3.05, 3.63) is 53.3 Å². The monoisotopic (exact) mass is 592 g/mol. The molecular formula is C31H40N6O6. The number of amides is 2. The zero-order valence-electron chi connectivity index (χ0n) is 25.1. The molecule has 1 aromatic heterocycles. The van der Waals surface area contributed by atoms with Gasteiger partial charge in [0.05, 0.1) is 12.0 Å². The van der Waals surface area contributed by atoms with Crippen molar-refractivity contribution in [2.45, 2.75) is 52.5 Å². The number of phenolic OH excluding ortho intramolecular Hbond substituents is 2. The van der Waals surface area contributed by atoms with Crippen molar-refractivity contribution in [2.75, 3.05) is 33.2 Å². The summed E-state index contributed by atoms with van der Waals surface area (Å²) < 4.78 is 1.60. The second-order valence-corrected chi connectivity index (χ2v) is 11.2. The van der Waals surface area contributed by atoms with E-state index in [1.54, 1.807) is 17.7 Å². The van der Waals surface area contributed by atoms with Crippen molar-refractivity contribution < 1.29 is 29.7 Å². The van der Waals surface area contributed by atoms with Crippen LogP contribution in [0.5, 0.6) is 11.5 Å². The van der Waals surface area contributed by atoms with Crippen LogP contribution in [0.25, 0.3) is 17.1 Å². The van der Waals surface area contributed by atoms with E-state index in [1.807, 2.05) is 45.0 Å². The maximum atomic E-state index is 12.9. The van der Waals surface area contributed by atoms with E-state index in [-0.39, 0.29) is 53.9 Å². The predicted octanol–water partition coefficient (Wildman–Crippen LogP) is 3.36. The first-order chi connectivity index (χ1) is 20.5. The average Bonchev–Trinajstić information content (AvgIpc) is 3.41. The first kappa shape index (κ1) is 31.5. The molecule has 4 rings (SSSR count). The summed E-state index contributed by atoms with van der Waals surface area (Å²) in [5.41, 5.74) is 2.67. The minimum Gasteiger partial charge on any atom is -0.508 e. The van der Waals surface area contributed by atoms with Gasteiger partial charge in [-0.3, -0.25) is 23.9 Å². The molecule has 12 nitrogen and oxygen atoms in total. The molecule has 0 radical (unpaired) electrons. The van der Waals surface area contributed by atoms with Gasteiger partial charge in [0.15, 0.2) is 5.82 Å². The van der Waals surface area contributed by atoms with Crippen molar-refractivity contribution in [1.29, 1.82) is 0 Å². The molecule has 0 bridgehead atoms. The average molecular weight is 593 g/mol. The number of carbonyl (C=O) groups excluding carboxylic acids is 2. The summed E-state index contributed by atoms with van der Waals surface area (Å²) >= 11 is 0. The number of nitrogens with zero attached hydrogens (tertiary/aromatic N) is 5. The highest BCUT2D eigenvalue weighted by Crippen LogP contribution is 2.38. The fraction of sp³-hybridized carbons (Fsp3) is 0.452. The number of phenols is 2. The number of aromatic hydroxyl groups is 2. The number of carboxylic acids is 1. The Balaban J connectivity index is 1.52. The van der Waals surface area contributed by atoms with Gasteiger partial charge in [-0.2, -0.15) is 0 Å². The van der Waals surface area contributed by atoms with Crippen LogP contribution in [0.15, 0.2) is 36.4 Å². The number of nitrogens with one attached hydrogen (secondary N) is 1. The molecule has 1 aliphatic heterocycles. The molecule has 1 saturated heterocycles. The van der Waals surface area contributed by atoms with Crippen molar-refractivity contribution in [1.82, 2.24) is 29.9 Å². The zero-order valence-corrected chi connectivity index (χ0v) is 25.1. The molecule has 2 heterocycles. The number of likely N-dealkylation sites (tertiary alicyclic amines) is 1. The summed E-state index contributed by atoms with van der Waals surface area (Å²) in [6.07, 6.45) is 1.36. The summed E-state index contributed by atoms with van der Waals surface area (Å²) in [5, 5.41) is 41.2. The highest BCUT2D eigenvalue weighted by atomic mass is 16.4. The number of carboxylic acid groups (broad SMARTS) is 1. The molecular weight excluding hydrogens is 552 g/mol. The molecule has 230 valence electrons. The Labute approximate surface area is 251 Å². The lowest BCUT2D eigenvalue weighted by Crippen LogP contribution is -2.41. The van der Waals surface area contributed by atoms with Crippen molar-refractivity contribution in [2.24, 2.45) is 5.92 Å². The van der Waals surface area contributed by atoms with Gasteiger partial charge in [-0.15, -0.1) is 10.2 Å². The molecule has 43 heavy (non-hydrogen) atoms. The Kier molecular flexibility index (Phi) is 10.0. The van der Waals surface area contributed by atoms with Gasteiger partial charge in [0.1, 0.15) is 11.5 Å².